The van der Waals surface area contributed by atoms with Crippen LogP contribution in [0.3, 0.4) is 0 Å². The van der Waals surface area contributed by atoms with Crippen molar-refractivity contribution in [2.75, 3.05) is 20.4 Å². The molecule has 0 amide bonds. The zero-order chi connectivity index (χ0) is 20.7. The predicted octanol–water partition coefficient (Wildman–Crippen LogP) is 6.66. The van der Waals surface area contributed by atoms with Crippen LogP contribution < -0.4 is 9.47 Å². The first kappa shape index (κ1) is 23.2. The van der Waals surface area contributed by atoms with Gasteiger partial charge in [0.1, 0.15) is 25.2 Å². The van der Waals surface area contributed by atoms with Gasteiger partial charge in [-0.1, -0.05) is 53.0 Å². The van der Waals surface area contributed by atoms with E-state index in [1.165, 1.54) is 19.3 Å². The molecule has 0 N–H and O–H groups in total. The molecule has 0 aliphatic heterocycles. The van der Waals surface area contributed by atoms with Crippen molar-refractivity contribution in [2.24, 2.45) is 11.3 Å². The van der Waals surface area contributed by atoms with E-state index in [9.17, 15) is 4.79 Å². The first-order valence-electron chi connectivity index (χ1n) is 10.4. The number of ether oxygens (including phenoxy) is 2. The monoisotopic (exact) mass is 408 g/mol. The second-order valence-electron chi connectivity index (χ2n) is 9.14. The van der Waals surface area contributed by atoms with Gasteiger partial charge in [-0.25, -0.2) is 0 Å². The lowest BCUT2D eigenvalue weighted by Gasteiger charge is -2.30. The lowest BCUT2D eigenvalue weighted by atomic mass is 9.86. The van der Waals surface area contributed by atoms with Crippen LogP contribution in [0.4, 0.5) is 0 Å². The van der Waals surface area contributed by atoms with Crippen molar-refractivity contribution in [1.29, 1.82) is 0 Å². The Morgan fingerprint density at radius 2 is 1.68 bits per heavy atom. The molecule has 0 radical (unpaired) electrons. The molecule has 28 heavy (non-hydrogen) atoms. The molecule has 1 saturated carbocycles. The molecule has 1 fully saturated rings. The summed E-state index contributed by atoms with van der Waals surface area (Å²) >= 11 is 0. The Bertz CT molecular complexity index is 610. The van der Waals surface area contributed by atoms with E-state index in [1.807, 2.05) is 18.2 Å². The van der Waals surface area contributed by atoms with Crippen LogP contribution in [0.5, 0.6) is 11.5 Å². The molecule has 2 unspecified atom stereocenters. The largest absolute Gasteiger partial charge is 0.496 e. The first-order chi connectivity index (χ1) is 13.2. The molecule has 0 bridgehead atoms. The Balaban J connectivity index is 2.27. The van der Waals surface area contributed by atoms with E-state index in [0.717, 1.165) is 25.4 Å². The van der Waals surface area contributed by atoms with E-state index >= 15 is 0 Å². The molecule has 1 aromatic carbocycles. The van der Waals surface area contributed by atoms with Crippen LogP contribution in [0.15, 0.2) is 18.2 Å². The molecule has 1 aliphatic carbocycles. The third kappa shape index (κ3) is 6.74. The van der Waals surface area contributed by atoms with Crippen LogP contribution >= 0.6 is 8.15 Å². The smallest absolute Gasteiger partial charge is 0.218 e. The minimum atomic E-state index is -1.26. The summed E-state index contributed by atoms with van der Waals surface area (Å²) < 4.78 is 17.5. The van der Waals surface area contributed by atoms with Gasteiger partial charge in [-0.2, -0.15) is 0 Å². The highest BCUT2D eigenvalue weighted by atomic mass is 31.1. The Kier molecular flexibility index (Phi) is 8.77. The average Bonchev–Trinajstić information content (AvgIpc) is 2.65. The number of benzene rings is 1. The number of hydrogen-bond acceptors (Lipinski definition) is 4. The second-order valence-corrected chi connectivity index (χ2v) is 10.9. The Morgan fingerprint density at radius 1 is 1.11 bits per heavy atom. The van der Waals surface area contributed by atoms with E-state index < -0.39 is 8.15 Å². The molecule has 0 saturated heterocycles. The van der Waals surface area contributed by atoms with Crippen LogP contribution in [0.1, 0.15) is 76.6 Å². The maximum absolute atomic E-state index is 13.6. The van der Waals surface area contributed by atoms with Gasteiger partial charge in [0.15, 0.2) is 0 Å². The molecule has 1 aliphatic rings. The molecule has 0 spiro atoms. The molecule has 1 aromatic rings. The molecular weight excluding hydrogens is 371 g/mol. The first-order valence-corrected chi connectivity index (χ1v) is 11.9. The fraction of sp³-hybridized carbons (Fsp3) is 0.696. The Hall–Kier alpha value is -1.12. The van der Waals surface area contributed by atoms with E-state index in [4.69, 9.17) is 14.0 Å². The third-order valence-corrected chi connectivity index (χ3v) is 7.32. The van der Waals surface area contributed by atoms with Crippen molar-refractivity contribution in [1.82, 2.24) is 0 Å². The fourth-order valence-electron chi connectivity index (χ4n) is 4.10. The van der Waals surface area contributed by atoms with E-state index in [1.54, 1.807) is 14.2 Å². The van der Waals surface area contributed by atoms with Gasteiger partial charge in [0.2, 0.25) is 5.52 Å². The number of methoxy groups -OCH3 is 2. The van der Waals surface area contributed by atoms with Gasteiger partial charge in [-0.05, 0) is 42.7 Å². The molecule has 2 atom stereocenters. The quantitative estimate of drug-likeness (QED) is 0.428. The Morgan fingerprint density at radius 3 is 2.18 bits per heavy atom. The van der Waals surface area contributed by atoms with Gasteiger partial charge >= 0.3 is 0 Å². The lowest BCUT2D eigenvalue weighted by Crippen LogP contribution is -2.20. The molecule has 4 nitrogen and oxygen atoms in total. The van der Waals surface area contributed by atoms with Crippen molar-refractivity contribution in [3.63, 3.8) is 0 Å². The van der Waals surface area contributed by atoms with Gasteiger partial charge in [0.25, 0.3) is 0 Å². The fourth-order valence-corrected chi connectivity index (χ4v) is 6.19. The van der Waals surface area contributed by atoms with Crippen molar-refractivity contribution in [3.8, 4) is 11.5 Å². The maximum atomic E-state index is 13.6. The number of carbonyl (C=O) groups excluding carboxylic acids is 1. The number of rotatable bonds is 9. The number of hydrogen-bond donors (Lipinski definition) is 0. The normalized spacial score (nSPS) is 17.8. The molecule has 2 rings (SSSR count). The van der Waals surface area contributed by atoms with Gasteiger partial charge < -0.3 is 14.0 Å². The molecule has 158 valence electrons. The van der Waals surface area contributed by atoms with Crippen LogP contribution in [-0.2, 0) is 4.52 Å². The highest BCUT2D eigenvalue weighted by molar-refractivity contribution is 7.71. The highest BCUT2D eigenvalue weighted by Crippen LogP contribution is 2.50. The minimum absolute atomic E-state index is 0.0376. The summed E-state index contributed by atoms with van der Waals surface area (Å²) in [5, 5.41) is 0. The molecule has 0 aromatic heterocycles. The van der Waals surface area contributed by atoms with E-state index in [0.29, 0.717) is 23.0 Å². The minimum Gasteiger partial charge on any atom is -0.496 e. The van der Waals surface area contributed by atoms with Crippen molar-refractivity contribution >= 4 is 13.7 Å². The molecule has 5 heteroatoms. The second kappa shape index (κ2) is 10.6. The van der Waals surface area contributed by atoms with Gasteiger partial charge in [0.05, 0.1) is 20.3 Å². The SMILES string of the molecule is COc1cccc(OC)c1C(=O)P(CC(C)CC(C)(C)C)OC1CCCCC1. The highest BCUT2D eigenvalue weighted by Gasteiger charge is 2.32. The molecule has 0 heterocycles. The summed E-state index contributed by atoms with van der Waals surface area (Å²) in [6, 6.07) is 5.49. The number of carbonyl (C=O) groups is 1. The van der Waals surface area contributed by atoms with Crippen molar-refractivity contribution in [2.45, 2.75) is 72.3 Å². The van der Waals surface area contributed by atoms with Crippen molar-refractivity contribution in [3.05, 3.63) is 23.8 Å². The van der Waals surface area contributed by atoms with E-state index in [-0.39, 0.29) is 17.0 Å². The topological polar surface area (TPSA) is 44.8 Å². The van der Waals surface area contributed by atoms with Crippen LogP contribution in [0.25, 0.3) is 0 Å². The van der Waals surface area contributed by atoms with Crippen LogP contribution in [0, 0.1) is 11.3 Å². The summed E-state index contributed by atoms with van der Waals surface area (Å²) in [6.07, 6.45) is 7.82. The zero-order valence-electron chi connectivity index (χ0n) is 18.4. The summed E-state index contributed by atoms with van der Waals surface area (Å²) in [7, 11) is 1.93. The van der Waals surface area contributed by atoms with Gasteiger partial charge in [-0.15, -0.1) is 0 Å². The maximum Gasteiger partial charge on any atom is 0.218 e. The van der Waals surface area contributed by atoms with Crippen LogP contribution in [-0.4, -0.2) is 32.0 Å². The van der Waals surface area contributed by atoms with Crippen LogP contribution in [0.2, 0.25) is 0 Å². The Labute approximate surface area is 172 Å². The van der Waals surface area contributed by atoms with Crippen molar-refractivity contribution < 1.29 is 18.8 Å². The summed E-state index contributed by atoms with van der Waals surface area (Å²) in [6.45, 7) is 8.98. The summed E-state index contributed by atoms with van der Waals surface area (Å²) in [5.74, 6) is 1.54. The average molecular weight is 409 g/mol. The standard InChI is InChI=1S/C23H37O4P/c1-17(15-23(2,3)4)16-28(27-18-11-8-7-9-12-18)22(24)21-19(25-5)13-10-14-20(21)26-6/h10,13-14,17-18H,7-9,11-12,15-16H2,1-6H3. The predicted molar refractivity (Wildman–Crippen MR) is 117 cm³/mol. The summed E-state index contributed by atoms with van der Waals surface area (Å²) in [5.41, 5.74) is 0.796. The molecular formula is C23H37O4P. The van der Waals surface area contributed by atoms with Gasteiger partial charge in [0, 0.05) is 6.16 Å². The van der Waals surface area contributed by atoms with E-state index in [2.05, 4.69) is 27.7 Å². The van der Waals surface area contributed by atoms with Gasteiger partial charge in [-0.3, -0.25) is 4.79 Å². The summed E-state index contributed by atoms with van der Waals surface area (Å²) in [4.78, 5) is 13.6. The third-order valence-electron chi connectivity index (χ3n) is 5.14. The zero-order valence-corrected chi connectivity index (χ0v) is 19.3. The lowest BCUT2D eigenvalue weighted by molar-refractivity contribution is 0.103.